The van der Waals surface area contributed by atoms with Crippen LogP contribution in [0.4, 0.5) is 0 Å². The van der Waals surface area contributed by atoms with E-state index in [0.29, 0.717) is 19.6 Å². The molecule has 0 saturated carbocycles. The third-order valence-corrected chi connectivity index (χ3v) is 7.36. The molecule has 0 radical (unpaired) electrons. The molecule has 0 aliphatic carbocycles. The van der Waals surface area contributed by atoms with Gasteiger partial charge in [0.1, 0.15) is 0 Å². The average molecular weight is 446 g/mol. The summed E-state index contributed by atoms with van der Waals surface area (Å²) in [6, 6.07) is 8.03. The lowest BCUT2D eigenvalue weighted by Gasteiger charge is -2.40. The molecule has 3 aliphatic rings. The lowest BCUT2D eigenvalue weighted by molar-refractivity contribution is -0.136. The van der Waals surface area contributed by atoms with Gasteiger partial charge in [0.2, 0.25) is 11.8 Å². The Morgan fingerprint density at radius 3 is 2.77 bits per heavy atom. The molecule has 6 nitrogen and oxygen atoms in total. The number of amides is 2. The van der Waals surface area contributed by atoms with Crippen molar-refractivity contribution in [1.29, 1.82) is 0 Å². The first-order valence-electron chi connectivity index (χ1n) is 11.3. The summed E-state index contributed by atoms with van der Waals surface area (Å²) in [7, 11) is 0. The van der Waals surface area contributed by atoms with E-state index >= 15 is 0 Å². The number of halogens is 1. The number of nitrogens with one attached hydrogen (secondary N) is 2. The minimum Gasteiger partial charge on any atom is -0.381 e. The first kappa shape index (κ1) is 22.3. The number of fused-ring (bicyclic) bond motifs is 1. The molecular weight excluding hydrogens is 414 g/mol. The lowest BCUT2D eigenvalue weighted by Crippen LogP contribution is -2.52. The number of allylic oxidation sites excluding steroid dienone is 2. The largest absolute Gasteiger partial charge is 0.381 e. The molecule has 2 atom stereocenters. The number of ether oxygens (including phenoxy) is 1. The van der Waals surface area contributed by atoms with Gasteiger partial charge in [-0.3, -0.25) is 14.5 Å². The normalized spacial score (nSPS) is 28.5. The molecule has 31 heavy (non-hydrogen) atoms. The first-order valence-corrected chi connectivity index (χ1v) is 11.7. The number of nitrogens with zero attached hydrogens (tertiary/aromatic N) is 1. The topological polar surface area (TPSA) is 70.7 Å². The van der Waals surface area contributed by atoms with Crippen LogP contribution in [-0.2, 0) is 20.9 Å². The smallest absolute Gasteiger partial charge is 0.239 e. The maximum absolute atomic E-state index is 13.2. The van der Waals surface area contributed by atoms with Crippen LogP contribution in [0.5, 0.6) is 0 Å². The van der Waals surface area contributed by atoms with Gasteiger partial charge in [0.05, 0.1) is 18.6 Å². The maximum atomic E-state index is 13.2. The van der Waals surface area contributed by atoms with Crippen LogP contribution in [0, 0.1) is 11.3 Å². The zero-order valence-corrected chi connectivity index (χ0v) is 18.7. The zero-order chi connectivity index (χ0) is 21.7. The third-order valence-electron chi connectivity index (χ3n) is 6.99. The minimum absolute atomic E-state index is 0.00575. The van der Waals surface area contributed by atoms with Crippen LogP contribution >= 0.6 is 11.6 Å². The van der Waals surface area contributed by atoms with Crippen LogP contribution in [0.1, 0.15) is 37.7 Å². The molecule has 1 aromatic rings. The molecular formula is C24H32ClN3O3. The SMILES string of the molecule is O=C1CNC(=O)C2(C/C=C/C[C@H]3COCC[C@@H]3N1)CCN(Cc1ccccc1Cl)CC2. The molecule has 1 aromatic carbocycles. The second-order valence-corrected chi connectivity index (χ2v) is 9.45. The fraction of sp³-hybridized carbons (Fsp3) is 0.583. The number of piperidine rings is 1. The highest BCUT2D eigenvalue weighted by molar-refractivity contribution is 6.31. The highest BCUT2D eigenvalue weighted by atomic mass is 35.5. The number of benzene rings is 1. The van der Waals surface area contributed by atoms with E-state index in [1.54, 1.807) is 0 Å². The van der Waals surface area contributed by atoms with Crippen LogP contribution in [-0.4, -0.2) is 55.6 Å². The first-order chi connectivity index (χ1) is 15.1. The van der Waals surface area contributed by atoms with Gasteiger partial charge in [-0.25, -0.2) is 0 Å². The third kappa shape index (κ3) is 5.48. The molecule has 1 spiro atoms. The number of hydrogen-bond acceptors (Lipinski definition) is 4. The van der Waals surface area contributed by atoms with Crippen molar-refractivity contribution in [2.75, 3.05) is 32.8 Å². The summed E-state index contributed by atoms with van der Waals surface area (Å²) in [5.41, 5.74) is 0.652. The van der Waals surface area contributed by atoms with Gasteiger partial charge in [0.25, 0.3) is 0 Å². The van der Waals surface area contributed by atoms with Gasteiger partial charge in [-0.05, 0) is 56.8 Å². The summed E-state index contributed by atoms with van der Waals surface area (Å²) in [6.07, 6.45) is 8.27. The van der Waals surface area contributed by atoms with E-state index in [1.165, 1.54) is 0 Å². The van der Waals surface area contributed by atoms with Crippen LogP contribution in [0.25, 0.3) is 0 Å². The number of carbonyl (C=O) groups excluding carboxylic acids is 2. The van der Waals surface area contributed by atoms with E-state index in [9.17, 15) is 9.59 Å². The Labute approximate surface area is 189 Å². The Morgan fingerprint density at radius 1 is 1.16 bits per heavy atom. The van der Waals surface area contributed by atoms with Crippen molar-refractivity contribution in [2.24, 2.45) is 11.3 Å². The predicted octanol–water partition coefficient (Wildman–Crippen LogP) is 2.91. The van der Waals surface area contributed by atoms with Crippen LogP contribution in [0.3, 0.4) is 0 Å². The highest BCUT2D eigenvalue weighted by Crippen LogP contribution is 2.37. The minimum atomic E-state index is -0.463. The van der Waals surface area contributed by atoms with Crippen molar-refractivity contribution in [3.63, 3.8) is 0 Å². The molecule has 0 aromatic heterocycles. The molecule has 7 heteroatoms. The molecule has 3 heterocycles. The van der Waals surface area contributed by atoms with E-state index in [0.717, 1.165) is 55.9 Å². The molecule has 3 aliphatic heterocycles. The van der Waals surface area contributed by atoms with Gasteiger partial charge >= 0.3 is 0 Å². The van der Waals surface area contributed by atoms with Gasteiger partial charge in [0.15, 0.2) is 0 Å². The molecule has 2 saturated heterocycles. The van der Waals surface area contributed by atoms with Crippen LogP contribution < -0.4 is 10.6 Å². The van der Waals surface area contributed by atoms with E-state index < -0.39 is 5.41 Å². The second-order valence-electron chi connectivity index (χ2n) is 9.04. The Morgan fingerprint density at radius 2 is 1.97 bits per heavy atom. The van der Waals surface area contributed by atoms with Crippen molar-refractivity contribution in [2.45, 2.75) is 44.7 Å². The molecule has 0 unspecified atom stereocenters. The maximum Gasteiger partial charge on any atom is 0.239 e. The summed E-state index contributed by atoms with van der Waals surface area (Å²) in [5.74, 6) is 0.174. The van der Waals surface area contributed by atoms with Gasteiger partial charge in [-0.1, -0.05) is 42.0 Å². The Hall–Kier alpha value is -1.89. The van der Waals surface area contributed by atoms with E-state index in [2.05, 4.69) is 33.8 Å². The monoisotopic (exact) mass is 445 g/mol. The average Bonchev–Trinajstić information content (AvgIpc) is 2.78. The van der Waals surface area contributed by atoms with Crippen molar-refractivity contribution in [3.8, 4) is 0 Å². The zero-order valence-electron chi connectivity index (χ0n) is 17.9. The van der Waals surface area contributed by atoms with Crippen molar-refractivity contribution in [3.05, 3.63) is 47.0 Å². The highest BCUT2D eigenvalue weighted by Gasteiger charge is 2.40. The summed E-state index contributed by atoms with van der Waals surface area (Å²) in [6.45, 7) is 3.83. The predicted molar refractivity (Wildman–Crippen MR) is 121 cm³/mol. The Kier molecular flexibility index (Phi) is 7.31. The fourth-order valence-corrected chi connectivity index (χ4v) is 5.13. The van der Waals surface area contributed by atoms with E-state index in [4.69, 9.17) is 16.3 Å². The van der Waals surface area contributed by atoms with Crippen molar-refractivity contribution >= 4 is 23.4 Å². The molecule has 2 amide bonds. The Bertz CT molecular complexity index is 820. The summed E-state index contributed by atoms with van der Waals surface area (Å²) in [4.78, 5) is 28.0. The summed E-state index contributed by atoms with van der Waals surface area (Å²) < 4.78 is 5.62. The summed E-state index contributed by atoms with van der Waals surface area (Å²) >= 11 is 6.33. The van der Waals surface area contributed by atoms with Crippen LogP contribution in [0.2, 0.25) is 5.02 Å². The molecule has 2 N–H and O–H groups in total. The second kappa shape index (κ2) is 10.2. The van der Waals surface area contributed by atoms with Gasteiger partial charge in [-0.15, -0.1) is 0 Å². The molecule has 4 rings (SSSR count). The summed E-state index contributed by atoms with van der Waals surface area (Å²) in [5, 5.41) is 6.81. The Balaban J connectivity index is 1.42. The van der Waals surface area contributed by atoms with Crippen molar-refractivity contribution < 1.29 is 14.3 Å². The fourth-order valence-electron chi connectivity index (χ4n) is 4.94. The van der Waals surface area contributed by atoms with Crippen molar-refractivity contribution in [1.82, 2.24) is 15.5 Å². The number of hydrogen-bond donors (Lipinski definition) is 2. The van der Waals surface area contributed by atoms with Gasteiger partial charge in [0, 0.05) is 30.1 Å². The van der Waals surface area contributed by atoms with E-state index in [-0.39, 0.29) is 30.3 Å². The molecule has 0 bridgehead atoms. The van der Waals surface area contributed by atoms with E-state index in [1.807, 2.05) is 18.2 Å². The number of likely N-dealkylation sites (tertiary alicyclic amines) is 1. The quantitative estimate of drug-likeness (QED) is 0.687. The number of rotatable bonds is 2. The molecule has 2 fully saturated rings. The molecule has 168 valence electrons. The van der Waals surface area contributed by atoms with Crippen LogP contribution in [0.15, 0.2) is 36.4 Å². The van der Waals surface area contributed by atoms with Gasteiger partial charge in [-0.2, -0.15) is 0 Å². The van der Waals surface area contributed by atoms with Gasteiger partial charge < -0.3 is 15.4 Å². The number of carbonyl (C=O) groups is 2. The standard InChI is InChI=1S/C24H32ClN3O3/c25-20-7-2-1-5-18(20)16-28-12-10-24(11-13-28)9-4-3-6-19-17-31-14-8-21(19)27-22(29)15-26-23(24)30/h1-5,7,19,21H,6,8-17H2,(H,26,30)(H,27,29)/b4-3+/t19-,21-/m0/s1. The lowest BCUT2D eigenvalue weighted by atomic mass is 9.74.